The average Bonchev–Trinajstić information content (AvgIpc) is 3.11. The number of carbonyl (C=O) groups is 1. The van der Waals surface area contributed by atoms with Crippen LogP contribution in [-0.2, 0) is 4.43 Å². The van der Waals surface area contributed by atoms with Crippen molar-refractivity contribution in [2.45, 2.75) is 11.4 Å². The Morgan fingerprint density at radius 2 is 1.55 bits per heavy atom. The van der Waals surface area contributed by atoms with Crippen molar-refractivity contribution >= 4 is 23.6 Å². The van der Waals surface area contributed by atoms with E-state index in [4.69, 9.17) is 10.2 Å². The fourth-order valence-corrected chi connectivity index (χ4v) is 8.37. The molecular weight excluding hydrogens is 515 g/mol. The van der Waals surface area contributed by atoms with Gasteiger partial charge in [0.15, 0.2) is 0 Å². The predicted molar refractivity (Wildman–Crippen MR) is 130 cm³/mol. The molecule has 9 nitrogen and oxygen atoms in total. The molecule has 0 fully saturated rings. The minimum atomic E-state index is -2.41. The van der Waals surface area contributed by atoms with Gasteiger partial charge >= 0.3 is 190 Å². The number of aliphatic hydroxyl groups is 2. The maximum absolute atomic E-state index is 13.1. The number of nitrogens with one attached hydrogen (secondary N) is 4. The molecule has 10 heteroatoms. The number of carbonyl (C=O) groups excluding carboxylic acids is 1. The van der Waals surface area contributed by atoms with Gasteiger partial charge in [-0.15, -0.1) is 0 Å². The molecule has 0 atom stereocenters. The second-order valence-electron chi connectivity index (χ2n) is 6.89. The third kappa shape index (κ3) is 7.65. The maximum atomic E-state index is 13.1. The summed E-state index contributed by atoms with van der Waals surface area (Å²) in [5.74, 6) is -0.0287. The summed E-state index contributed by atoms with van der Waals surface area (Å²) in [5, 5.41) is 50.8. The van der Waals surface area contributed by atoms with E-state index in [1.54, 1.807) is 0 Å². The number of phenolic OH excluding ortho intramolecular Hbond substituents is 2. The molecule has 0 aromatic heterocycles. The van der Waals surface area contributed by atoms with Crippen molar-refractivity contribution in [2.75, 3.05) is 52.5 Å². The first-order valence-electron chi connectivity index (χ1n) is 10.2. The van der Waals surface area contributed by atoms with Crippen molar-refractivity contribution in [1.82, 2.24) is 21.3 Å². The van der Waals surface area contributed by atoms with E-state index in [2.05, 4.69) is 21.3 Å². The van der Waals surface area contributed by atoms with Crippen molar-refractivity contribution in [2.24, 2.45) is 0 Å². The van der Waals surface area contributed by atoms with Gasteiger partial charge in [-0.25, -0.2) is 0 Å². The Morgan fingerprint density at radius 1 is 0.935 bits per heavy atom. The van der Waals surface area contributed by atoms with E-state index in [0.717, 1.165) is 15.9 Å². The van der Waals surface area contributed by atoms with E-state index >= 15 is 0 Å². The van der Waals surface area contributed by atoms with Crippen LogP contribution in [0.15, 0.2) is 33.7 Å². The van der Waals surface area contributed by atoms with Gasteiger partial charge in [0.1, 0.15) is 0 Å². The molecule has 8 N–H and O–H groups in total. The number of benzene rings is 1. The van der Waals surface area contributed by atoms with E-state index in [1.807, 2.05) is 19.1 Å². The van der Waals surface area contributed by atoms with Crippen molar-refractivity contribution in [3.8, 4) is 11.5 Å². The first-order chi connectivity index (χ1) is 15.0. The summed E-state index contributed by atoms with van der Waals surface area (Å²) in [6.07, 6.45) is 3.83. The quantitative estimate of drug-likeness (QED) is 0.0314. The summed E-state index contributed by atoms with van der Waals surface area (Å²) in [7, 11) is 0. The summed E-state index contributed by atoms with van der Waals surface area (Å²) < 4.78 is 1.25. The second-order valence-corrected chi connectivity index (χ2v) is 11.9. The molecule has 0 amide bonds. The molecule has 1 aromatic rings. The van der Waals surface area contributed by atoms with Gasteiger partial charge in [-0.05, 0) is 0 Å². The number of hydrogen-bond acceptors (Lipinski definition) is 9. The minimum absolute atomic E-state index is 0.0497. The van der Waals surface area contributed by atoms with Crippen LogP contribution < -0.4 is 21.3 Å². The number of aliphatic hydroxyl groups excluding tert-OH is 2. The van der Waals surface area contributed by atoms with Gasteiger partial charge in [-0.1, -0.05) is 0 Å². The van der Waals surface area contributed by atoms with Crippen LogP contribution in [0.2, 0.25) is 0 Å². The van der Waals surface area contributed by atoms with E-state index in [-0.39, 0.29) is 34.1 Å². The molecule has 0 saturated heterocycles. The molecule has 0 radical (unpaired) electrons. The first kappa shape index (κ1) is 25.4. The van der Waals surface area contributed by atoms with Crippen LogP contribution in [0.4, 0.5) is 0 Å². The molecule has 0 unspecified atom stereocenters. The molecule has 0 bridgehead atoms. The molecule has 0 spiro atoms. The molecule has 1 aliphatic heterocycles. The number of alkyl halides is 1. The summed E-state index contributed by atoms with van der Waals surface area (Å²) in [5.41, 5.74) is 1.73. The van der Waals surface area contributed by atoms with Crippen LogP contribution >= 0.6 is 19.8 Å². The topological polar surface area (TPSA) is 146 Å². The molecule has 1 aromatic carbocycles. The van der Waals surface area contributed by atoms with Gasteiger partial charge in [0.2, 0.25) is 0 Å². The van der Waals surface area contributed by atoms with Crippen LogP contribution in [0, 0.1) is 0 Å². The summed E-state index contributed by atoms with van der Waals surface area (Å²) >= 11 is -2.41. The number of phenols is 2. The van der Waals surface area contributed by atoms with E-state index < -0.39 is 19.8 Å². The third-order valence-electron chi connectivity index (χ3n) is 4.54. The molecular formula is C21H33IN4O5. The van der Waals surface area contributed by atoms with Crippen LogP contribution in [0.3, 0.4) is 0 Å². The average molecular weight is 548 g/mol. The fourth-order valence-electron chi connectivity index (χ4n) is 2.95. The van der Waals surface area contributed by atoms with Crippen LogP contribution in [-0.4, -0.2) is 76.7 Å². The van der Waals surface area contributed by atoms with Gasteiger partial charge in [-0.2, -0.15) is 0 Å². The SMILES string of the molecule is C/C(=C\C=C(\NCCNCCO)I1Cc2c(O)ccc(O)c2C1=O)NCCNCCO. The second kappa shape index (κ2) is 13.5. The van der Waals surface area contributed by atoms with Gasteiger partial charge in [-0.3, -0.25) is 0 Å². The van der Waals surface area contributed by atoms with Crippen molar-refractivity contribution < 1.29 is 25.2 Å². The van der Waals surface area contributed by atoms with Gasteiger partial charge in [0, 0.05) is 0 Å². The Hall–Kier alpha value is -1.86. The van der Waals surface area contributed by atoms with E-state index in [9.17, 15) is 15.0 Å². The zero-order valence-electron chi connectivity index (χ0n) is 17.7. The molecule has 0 aliphatic carbocycles. The number of allylic oxidation sites excluding steroid dienone is 3. The zero-order chi connectivity index (χ0) is 22.6. The van der Waals surface area contributed by atoms with Gasteiger partial charge < -0.3 is 0 Å². The third-order valence-corrected chi connectivity index (χ3v) is 9.93. The van der Waals surface area contributed by atoms with Crippen molar-refractivity contribution in [3.63, 3.8) is 0 Å². The van der Waals surface area contributed by atoms with Gasteiger partial charge in [0.05, 0.1) is 0 Å². The number of hydrogen-bond donors (Lipinski definition) is 8. The summed E-state index contributed by atoms with van der Waals surface area (Å²) in [6.45, 7) is 5.82. The monoisotopic (exact) mass is 548 g/mol. The van der Waals surface area contributed by atoms with E-state index in [0.29, 0.717) is 42.7 Å². The number of fused-ring (bicyclic) bond motifs is 1. The predicted octanol–water partition coefficient (Wildman–Crippen LogP) is 0.346. The molecule has 0 saturated carbocycles. The Kier molecular flexibility index (Phi) is 11.1. The van der Waals surface area contributed by atoms with Crippen molar-refractivity contribution in [1.29, 1.82) is 0 Å². The summed E-state index contributed by atoms with van der Waals surface area (Å²) in [4.78, 5) is 13.1. The Bertz CT molecular complexity index is 800. The van der Waals surface area contributed by atoms with Gasteiger partial charge in [0.25, 0.3) is 0 Å². The Balaban J connectivity index is 2.10. The number of halogens is 1. The molecule has 174 valence electrons. The molecule has 31 heavy (non-hydrogen) atoms. The van der Waals surface area contributed by atoms with Crippen molar-refractivity contribution in [3.05, 3.63) is 44.8 Å². The first-order valence-corrected chi connectivity index (χ1v) is 13.9. The molecule has 2 rings (SSSR count). The standard InChI is InChI=1S/C21H33IN4O5/c1-15(25-8-6-23-10-12-27)2-5-19(26-9-7-24-11-13-28)22-14-16-17(29)3-4-18(30)20(16)21(22)31/h2-5,23-30H,6-14H2,1H3/b15-2+,19-5+. The fraction of sp³-hybridized carbons (Fsp3) is 0.476. The molecule has 1 aliphatic rings. The Morgan fingerprint density at radius 3 is 2.16 bits per heavy atom. The molecule has 1 heterocycles. The van der Waals surface area contributed by atoms with Crippen LogP contribution in [0.25, 0.3) is 0 Å². The zero-order valence-corrected chi connectivity index (χ0v) is 19.9. The number of rotatable bonds is 14. The summed E-state index contributed by atoms with van der Waals surface area (Å²) in [6, 6.07) is 2.79. The normalized spacial score (nSPS) is 15.3. The van der Waals surface area contributed by atoms with Crippen LogP contribution in [0.5, 0.6) is 11.5 Å². The van der Waals surface area contributed by atoms with Crippen LogP contribution in [0.1, 0.15) is 22.8 Å². The number of aromatic hydroxyl groups is 2. The Labute approximate surface area is 190 Å². The van der Waals surface area contributed by atoms with E-state index in [1.165, 1.54) is 12.1 Å².